The van der Waals surface area contributed by atoms with Crippen LogP contribution in [-0.4, -0.2) is 71.5 Å². The van der Waals surface area contributed by atoms with Crippen LogP contribution in [0.25, 0.3) is 0 Å². The second-order valence-corrected chi connectivity index (χ2v) is 14.8. The molecule has 0 aromatic carbocycles. The van der Waals surface area contributed by atoms with Crippen molar-refractivity contribution >= 4 is 24.1 Å². The van der Waals surface area contributed by atoms with E-state index in [1.54, 1.807) is 0 Å². The van der Waals surface area contributed by atoms with Crippen molar-refractivity contribution in [2.75, 3.05) is 31.7 Å². The van der Waals surface area contributed by atoms with Crippen LogP contribution in [0.15, 0.2) is 0 Å². The third-order valence-corrected chi connectivity index (χ3v) is 11.1. The fourth-order valence-electron chi connectivity index (χ4n) is 2.47. The highest BCUT2D eigenvalue weighted by Gasteiger charge is 2.43. The maximum atomic E-state index is 12.3. The molecular formula is C15H31NO5SSi. The van der Waals surface area contributed by atoms with E-state index < -0.39 is 24.2 Å². The molecule has 0 saturated carbocycles. The van der Waals surface area contributed by atoms with Crippen molar-refractivity contribution in [3.8, 4) is 0 Å². The van der Waals surface area contributed by atoms with Gasteiger partial charge in [-0.05, 0) is 25.1 Å². The summed E-state index contributed by atoms with van der Waals surface area (Å²) >= 11 is 0. The maximum absolute atomic E-state index is 12.3. The van der Waals surface area contributed by atoms with Gasteiger partial charge in [0.2, 0.25) is 0 Å². The summed E-state index contributed by atoms with van der Waals surface area (Å²) in [5, 5.41) is 0.0349. The second kappa shape index (κ2) is 7.21. The molecule has 1 aliphatic rings. The average molecular weight is 366 g/mol. The van der Waals surface area contributed by atoms with Gasteiger partial charge in [-0.1, -0.05) is 20.8 Å². The van der Waals surface area contributed by atoms with E-state index in [1.807, 2.05) is 11.8 Å². The largest absolute Gasteiger partial charge is 0.468 e. The lowest BCUT2D eigenvalue weighted by molar-refractivity contribution is -0.150. The zero-order chi connectivity index (χ0) is 18.1. The molecular weight excluding hydrogens is 334 g/mol. The minimum atomic E-state index is -2.99. The molecule has 1 saturated heterocycles. The highest BCUT2D eigenvalue weighted by atomic mass is 32.2. The van der Waals surface area contributed by atoms with Crippen LogP contribution in [0.4, 0.5) is 0 Å². The Morgan fingerprint density at radius 3 is 2.04 bits per heavy atom. The SMILES string of the molecule is COC(=O)[C@@H]([C@H](C)O[Si](C)(C)C(C)(C)C)N1CCS(=O)(=O)CC1. The Morgan fingerprint density at radius 2 is 1.65 bits per heavy atom. The van der Waals surface area contributed by atoms with Gasteiger partial charge < -0.3 is 9.16 Å². The maximum Gasteiger partial charge on any atom is 0.325 e. The molecule has 0 amide bonds. The van der Waals surface area contributed by atoms with E-state index in [-0.39, 0.29) is 28.6 Å². The minimum Gasteiger partial charge on any atom is -0.468 e. The Hall–Kier alpha value is -0.443. The zero-order valence-electron chi connectivity index (χ0n) is 15.4. The lowest BCUT2D eigenvalue weighted by Gasteiger charge is -2.42. The van der Waals surface area contributed by atoms with Gasteiger partial charge in [0.05, 0.1) is 24.7 Å². The third-order valence-electron chi connectivity index (χ3n) is 4.95. The molecule has 136 valence electrons. The van der Waals surface area contributed by atoms with Gasteiger partial charge in [-0.2, -0.15) is 0 Å². The Balaban J connectivity index is 2.93. The number of sulfone groups is 1. The predicted octanol–water partition coefficient (Wildman–Crippen LogP) is 1.67. The Morgan fingerprint density at radius 1 is 1.17 bits per heavy atom. The van der Waals surface area contributed by atoms with Crippen LogP contribution in [0.5, 0.6) is 0 Å². The third kappa shape index (κ3) is 5.27. The predicted molar refractivity (Wildman–Crippen MR) is 93.8 cm³/mol. The van der Waals surface area contributed by atoms with Crippen molar-refractivity contribution in [3.63, 3.8) is 0 Å². The number of ether oxygens (including phenoxy) is 1. The van der Waals surface area contributed by atoms with Gasteiger partial charge in [-0.25, -0.2) is 8.42 Å². The minimum absolute atomic E-state index is 0.0349. The summed E-state index contributed by atoms with van der Waals surface area (Å²) in [6.45, 7) is 13.3. The van der Waals surface area contributed by atoms with E-state index in [0.717, 1.165) is 0 Å². The van der Waals surface area contributed by atoms with Crippen LogP contribution in [0.2, 0.25) is 18.1 Å². The van der Waals surface area contributed by atoms with Gasteiger partial charge >= 0.3 is 5.97 Å². The first-order valence-corrected chi connectivity index (χ1v) is 12.7. The molecule has 2 atom stereocenters. The summed E-state index contributed by atoms with van der Waals surface area (Å²) in [6.07, 6.45) is -0.343. The van der Waals surface area contributed by atoms with Crippen LogP contribution in [-0.2, 0) is 23.8 Å². The summed E-state index contributed by atoms with van der Waals surface area (Å²) in [4.78, 5) is 14.2. The topological polar surface area (TPSA) is 72.9 Å². The number of methoxy groups -OCH3 is 1. The number of carbonyl (C=O) groups is 1. The molecule has 1 heterocycles. The molecule has 23 heavy (non-hydrogen) atoms. The molecule has 0 N–H and O–H groups in total. The number of esters is 1. The molecule has 0 bridgehead atoms. The summed E-state index contributed by atoms with van der Waals surface area (Å²) in [5.74, 6) is -0.212. The van der Waals surface area contributed by atoms with Crippen molar-refractivity contribution in [2.24, 2.45) is 0 Å². The van der Waals surface area contributed by atoms with Crippen LogP contribution >= 0.6 is 0 Å². The smallest absolute Gasteiger partial charge is 0.325 e. The summed E-state index contributed by atoms with van der Waals surface area (Å²) in [6, 6.07) is -0.565. The van der Waals surface area contributed by atoms with E-state index in [1.165, 1.54) is 7.11 Å². The van der Waals surface area contributed by atoms with Gasteiger partial charge in [0.25, 0.3) is 0 Å². The molecule has 8 heteroatoms. The number of rotatable bonds is 5. The number of hydrogen-bond donors (Lipinski definition) is 0. The number of carbonyl (C=O) groups excluding carboxylic acids is 1. The van der Waals surface area contributed by atoms with E-state index in [4.69, 9.17) is 9.16 Å². The molecule has 0 aromatic heterocycles. The van der Waals surface area contributed by atoms with Crippen molar-refractivity contribution in [2.45, 2.75) is 58.0 Å². The molecule has 1 fully saturated rings. The van der Waals surface area contributed by atoms with E-state index >= 15 is 0 Å². The fourth-order valence-corrected chi connectivity index (χ4v) is 5.11. The van der Waals surface area contributed by atoms with Crippen LogP contribution in [0, 0.1) is 0 Å². The van der Waals surface area contributed by atoms with Gasteiger partial charge in [-0.3, -0.25) is 9.69 Å². The lowest BCUT2D eigenvalue weighted by atomic mass is 10.1. The highest BCUT2D eigenvalue weighted by molar-refractivity contribution is 7.91. The molecule has 0 radical (unpaired) electrons. The van der Waals surface area contributed by atoms with Gasteiger partial charge in [0, 0.05) is 13.1 Å². The summed E-state index contributed by atoms with van der Waals surface area (Å²) in [5.41, 5.74) is 0. The zero-order valence-corrected chi connectivity index (χ0v) is 17.2. The Kier molecular flexibility index (Phi) is 6.45. The molecule has 0 spiro atoms. The average Bonchev–Trinajstić information content (AvgIpc) is 2.38. The van der Waals surface area contributed by atoms with Crippen molar-refractivity contribution < 1.29 is 22.4 Å². The summed E-state index contributed by atoms with van der Waals surface area (Å²) < 4.78 is 34.5. The van der Waals surface area contributed by atoms with Gasteiger partial charge in [0.1, 0.15) is 6.04 Å². The standard InChI is InChI=1S/C15H31NO5SSi/c1-12(21-23(6,7)15(2,3)4)13(14(17)20-5)16-8-10-22(18,19)11-9-16/h12-13H,8-11H2,1-7H3/t12-,13+/m0/s1. The number of hydrogen-bond acceptors (Lipinski definition) is 6. The highest BCUT2D eigenvalue weighted by Crippen LogP contribution is 2.38. The van der Waals surface area contributed by atoms with E-state index in [2.05, 4.69) is 33.9 Å². The van der Waals surface area contributed by atoms with Crippen molar-refractivity contribution in [1.82, 2.24) is 4.90 Å². The van der Waals surface area contributed by atoms with Crippen LogP contribution in [0.1, 0.15) is 27.7 Å². The molecule has 0 aliphatic carbocycles. The quantitative estimate of drug-likeness (QED) is 0.545. The molecule has 6 nitrogen and oxygen atoms in total. The van der Waals surface area contributed by atoms with E-state index in [9.17, 15) is 13.2 Å². The Bertz CT molecular complexity index is 512. The van der Waals surface area contributed by atoms with E-state index in [0.29, 0.717) is 13.1 Å². The van der Waals surface area contributed by atoms with Crippen molar-refractivity contribution in [1.29, 1.82) is 0 Å². The first-order valence-electron chi connectivity index (χ1n) is 8.01. The molecule has 0 unspecified atom stereocenters. The molecule has 1 aliphatic heterocycles. The lowest BCUT2D eigenvalue weighted by Crippen LogP contribution is -2.57. The number of nitrogens with zero attached hydrogens (tertiary/aromatic N) is 1. The second-order valence-electron chi connectivity index (χ2n) is 7.74. The van der Waals surface area contributed by atoms with Gasteiger partial charge in [-0.15, -0.1) is 0 Å². The van der Waals surface area contributed by atoms with Crippen molar-refractivity contribution in [3.05, 3.63) is 0 Å². The van der Waals surface area contributed by atoms with Gasteiger partial charge in [0.15, 0.2) is 18.2 Å². The van der Waals surface area contributed by atoms with Crippen LogP contribution in [0.3, 0.4) is 0 Å². The first-order chi connectivity index (χ1) is 10.3. The first kappa shape index (κ1) is 20.6. The summed E-state index contributed by atoms with van der Waals surface area (Å²) in [7, 11) is -3.67. The van der Waals surface area contributed by atoms with Crippen LogP contribution < -0.4 is 0 Å². The molecule has 1 rings (SSSR count). The monoisotopic (exact) mass is 365 g/mol. The normalized spacial score (nSPS) is 22.4. The molecule has 0 aromatic rings. The Labute approximate surface area is 141 Å². The fraction of sp³-hybridized carbons (Fsp3) is 0.933.